The zero-order chi connectivity index (χ0) is 14.7. The maximum atomic E-state index is 5.84. The zero-order valence-corrected chi connectivity index (χ0v) is 12.8. The quantitative estimate of drug-likeness (QED) is 0.815. The molecule has 0 radical (unpaired) electrons. The third-order valence-corrected chi connectivity index (χ3v) is 4.01. The number of rotatable bonds is 3. The summed E-state index contributed by atoms with van der Waals surface area (Å²) in [5.41, 5.74) is 2.29. The van der Waals surface area contributed by atoms with Gasteiger partial charge in [-0.05, 0) is 24.3 Å². The summed E-state index contributed by atoms with van der Waals surface area (Å²) in [4.78, 5) is 8.84. The summed E-state index contributed by atoms with van der Waals surface area (Å²) >= 11 is 5.84. The Morgan fingerprint density at radius 3 is 2.38 bits per heavy atom. The highest BCUT2D eigenvalue weighted by molar-refractivity contribution is 6.29. The minimum Gasteiger partial charge on any atom is -0.495 e. The summed E-state index contributed by atoms with van der Waals surface area (Å²) in [5, 5.41) is 0.534. The van der Waals surface area contributed by atoms with Gasteiger partial charge in [0, 0.05) is 26.2 Å². The Bertz CT molecular complexity index is 595. The highest BCUT2D eigenvalue weighted by Crippen LogP contribution is 2.29. The van der Waals surface area contributed by atoms with E-state index in [-0.39, 0.29) is 0 Å². The van der Waals surface area contributed by atoms with Crippen LogP contribution >= 0.6 is 11.6 Å². The van der Waals surface area contributed by atoms with Crippen molar-refractivity contribution in [3.63, 3.8) is 0 Å². The Morgan fingerprint density at radius 2 is 1.71 bits per heavy atom. The Hall–Kier alpha value is -1.94. The van der Waals surface area contributed by atoms with Crippen molar-refractivity contribution in [1.82, 2.24) is 4.98 Å². The molecule has 0 bridgehead atoms. The van der Waals surface area contributed by atoms with Crippen molar-refractivity contribution < 1.29 is 4.74 Å². The molecule has 1 aromatic carbocycles. The first-order valence-corrected chi connectivity index (χ1v) is 7.40. The number of ether oxygens (including phenoxy) is 1. The first-order valence-electron chi connectivity index (χ1n) is 7.02. The summed E-state index contributed by atoms with van der Waals surface area (Å²) in [7, 11) is 1.72. The molecule has 5 heteroatoms. The van der Waals surface area contributed by atoms with Crippen LogP contribution in [0.15, 0.2) is 42.6 Å². The molecule has 1 aliphatic rings. The maximum absolute atomic E-state index is 5.84. The molecule has 0 spiro atoms. The van der Waals surface area contributed by atoms with Crippen molar-refractivity contribution in [2.45, 2.75) is 0 Å². The standard InChI is InChI=1S/C16H18ClN3O/c1-21-15-5-3-2-4-14(15)20-10-8-19(9-11-20)13-6-7-16(17)18-12-13/h2-7,12H,8-11H2,1H3. The van der Waals surface area contributed by atoms with E-state index in [1.807, 2.05) is 36.5 Å². The average molecular weight is 304 g/mol. The fourth-order valence-electron chi connectivity index (χ4n) is 2.65. The monoisotopic (exact) mass is 303 g/mol. The number of pyridine rings is 1. The van der Waals surface area contributed by atoms with E-state index >= 15 is 0 Å². The highest BCUT2D eigenvalue weighted by Gasteiger charge is 2.19. The van der Waals surface area contributed by atoms with Crippen LogP contribution < -0.4 is 14.5 Å². The average Bonchev–Trinajstić information content (AvgIpc) is 2.56. The van der Waals surface area contributed by atoms with Gasteiger partial charge in [-0.2, -0.15) is 0 Å². The Balaban J connectivity index is 1.69. The molecular weight excluding hydrogens is 286 g/mol. The lowest BCUT2D eigenvalue weighted by Crippen LogP contribution is -2.46. The van der Waals surface area contributed by atoms with Crippen molar-refractivity contribution in [3.8, 4) is 5.75 Å². The lowest BCUT2D eigenvalue weighted by molar-refractivity contribution is 0.413. The van der Waals surface area contributed by atoms with Crippen molar-refractivity contribution in [1.29, 1.82) is 0 Å². The third-order valence-electron chi connectivity index (χ3n) is 3.78. The van der Waals surface area contributed by atoms with Crippen LogP contribution in [0.4, 0.5) is 11.4 Å². The van der Waals surface area contributed by atoms with Crippen LogP contribution in [-0.2, 0) is 0 Å². The topological polar surface area (TPSA) is 28.6 Å². The van der Waals surface area contributed by atoms with Gasteiger partial charge in [0.25, 0.3) is 0 Å². The van der Waals surface area contributed by atoms with Crippen LogP contribution in [0.2, 0.25) is 5.15 Å². The van der Waals surface area contributed by atoms with Crippen LogP contribution in [0.5, 0.6) is 5.75 Å². The number of piperazine rings is 1. The summed E-state index contributed by atoms with van der Waals surface area (Å²) in [6, 6.07) is 12.0. The van der Waals surface area contributed by atoms with Crippen molar-refractivity contribution in [3.05, 3.63) is 47.7 Å². The number of methoxy groups -OCH3 is 1. The van der Waals surface area contributed by atoms with E-state index in [0.717, 1.165) is 43.3 Å². The van der Waals surface area contributed by atoms with Crippen molar-refractivity contribution in [2.24, 2.45) is 0 Å². The maximum Gasteiger partial charge on any atom is 0.142 e. The van der Waals surface area contributed by atoms with E-state index in [0.29, 0.717) is 5.15 Å². The third kappa shape index (κ3) is 3.05. The van der Waals surface area contributed by atoms with Gasteiger partial charge in [-0.3, -0.25) is 0 Å². The number of hydrogen-bond acceptors (Lipinski definition) is 4. The molecule has 1 aromatic heterocycles. The van der Waals surface area contributed by atoms with E-state index in [2.05, 4.69) is 20.9 Å². The number of aromatic nitrogens is 1. The molecule has 2 aromatic rings. The number of anilines is 2. The van der Waals surface area contributed by atoms with Crippen molar-refractivity contribution >= 4 is 23.0 Å². The van der Waals surface area contributed by atoms with Crippen LogP contribution in [0.1, 0.15) is 0 Å². The fourth-order valence-corrected chi connectivity index (χ4v) is 2.76. The molecule has 0 unspecified atom stereocenters. The molecule has 21 heavy (non-hydrogen) atoms. The molecule has 1 saturated heterocycles. The van der Waals surface area contributed by atoms with E-state index in [9.17, 15) is 0 Å². The molecule has 0 N–H and O–H groups in total. The van der Waals surface area contributed by atoms with E-state index < -0.39 is 0 Å². The molecular formula is C16H18ClN3O. The van der Waals surface area contributed by atoms with Gasteiger partial charge >= 0.3 is 0 Å². The Labute approximate surface area is 129 Å². The van der Waals surface area contributed by atoms with Crippen LogP contribution in [0.25, 0.3) is 0 Å². The molecule has 3 rings (SSSR count). The van der Waals surface area contributed by atoms with Crippen LogP contribution in [0.3, 0.4) is 0 Å². The molecule has 0 aliphatic carbocycles. The summed E-state index contributed by atoms with van der Waals surface area (Å²) in [5.74, 6) is 0.930. The van der Waals surface area contributed by atoms with Crippen LogP contribution in [0, 0.1) is 0 Å². The first-order chi connectivity index (χ1) is 10.3. The first kappa shape index (κ1) is 14.0. The van der Waals surface area contributed by atoms with Gasteiger partial charge in [-0.15, -0.1) is 0 Å². The second-order valence-corrected chi connectivity index (χ2v) is 5.37. The largest absolute Gasteiger partial charge is 0.495 e. The highest BCUT2D eigenvalue weighted by atomic mass is 35.5. The minimum absolute atomic E-state index is 0.534. The predicted octanol–water partition coefficient (Wildman–Crippen LogP) is 3.07. The summed E-state index contributed by atoms with van der Waals surface area (Å²) in [6.45, 7) is 3.84. The smallest absolute Gasteiger partial charge is 0.142 e. The lowest BCUT2D eigenvalue weighted by Gasteiger charge is -2.37. The molecule has 0 saturated carbocycles. The molecule has 1 aliphatic heterocycles. The van der Waals surface area contributed by atoms with Gasteiger partial charge in [0.05, 0.1) is 24.7 Å². The number of hydrogen-bond donors (Lipinski definition) is 0. The van der Waals surface area contributed by atoms with Gasteiger partial charge in [-0.1, -0.05) is 23.7 Å². The second kappa shape index (κ2) is 6.22. The minimum atomic E-state index is 0.534. The van der Waals surface area contributed by atoms with Gasteiger partial charge in [0.15, 0.2) is 0 Å². The van der Waals surface area contributed by atoms with E-state index in [1.54, 1.807) is 7.11 Å². The van der Waals surface area contributed by atoms with Gasteiger partial charge in [-0.25, -0.2) is 4.98 Å². The number of benzene rings is 1. The van der Waals surface area contributed by atoms with Gasteiger partial charge in [0.1, 0.15) is 10.9 Å². The predicted molar refractivity (Wildman–Crippen MR) is 86.7 cm³/mol. The van der Waals surface area contributed by atoms with Crippen LogP contribution in [-0.4, -0.2) is 38.3 Å². The second-order valence-electron chi connectivity index (χ2n) is 4.99. The number of nitrogens with zero attached hydrogens (tertiary/aromatic N) is 3. The molecule has 0 atom stereocenters. The Morgan fingerprint density at radius 1 is 1.00 bits per heavy atom. The number of halogens is 1. The molecule has 4 nitrogen and oxygen atoms in total. The van der Waals surface area contributed by atoms with Gasteiger partial charge < -0.3 is 14.5 Å². The van der Waals surface area contributed by atoms with E-state index in [4.69, 9.17) is 16.3 Å². The number of para-hydroxylation sites is 2. The van der Waals surface area contributed by atoms with Crippen molar-refractivity contribution in [2.75, 3.05) is 43.1 Å². The summed E-state index contributed by atoms with van der Waals surface area (Å²) < 4.78 is 5.44. The molecule has 2 heterocycles. The van der Waals surface area contributed by atoms with Gasteiger partial charge in [0.2, 0.25) is 0 Å². The van der Waals surface area contributed by atoms with E-state index in [1.165, 1.54) is 0 Å². The molecule has 110 valence electrons. The fraction of sp³-hybridized carbons (Fsp3) is 0.312. The normalized spacial score (nSPS) is 15.1. The lowest BCUT2D eigenvalue weighted by atomic mass is 10.2. The zero-order valence-electron chi connectivity index (χ0n) is 12.0. The SMILES string of the molecule is COc1ccccc1N1CCN(c2ccc(Cl)nc2)CC1. The Kier molecular flexibility index (Phi) is 4.15. The molecule has 0 amide bonds. The summed E-state index contributed by atoms with van der Waals surface area (Å²) in [6.07, 6.45) is 1.83. The molecule has 1 fully saturated rings.